The topological polar surface area (TPSA) is 91.1 Å². The van der Waals surface area contributed by atoms with Crippen molar-refractivity contribution in [3.63, 3.8) is 0 Å². The van der Waals surface area contributed by atoms with Gasteiger partial charge in [-0.15, -0.1) is 0 Å². The summed E-state index contributed by atoms with van der Waals surface area (Å²) in [7, 11) is 0. The van der Waals surface area contributed by atoms with E-state index in [9.17, 15) is 5.11 Å². The normalized spacial score (nSPS) is 25.4. The van der Waals surface area contributed by atoms with Crippen molar-refractivity contribution in [3.8, 4) is 0 Å². The number of nitrogens with zero attached hydrogens (tertiary/aromatic N) is 3. The summed E-state index contributed by atoms with van der Waals surface area (Å²) >= 11 is 4.45. The maximum absolute atomic E-state index is 10.1. The van der Waals surface area contributed by atoms with Gasteiger partial charge >= 0.3 is 0 Å². The van der Waals surface area contributed by atoms with E-state index in [1.165, 1.54) is 6.33 Å². The van der Waals surface area contributed by atoms with Crippen LogP contribution < -0.4 is 5.73 Å². The second kappa shape index (κ2) is 5.23. The van der Waals surface area contributed by atoms with Crippen molar-refractivity contribution >= 4 is 29.5 Å². The zero-order chi connectivity index (χ0) is 14.3. The molecule has 0 radical (unpaired) electrons. The molecule has 3 atom stereocenters. The maximum atomic E-state index is 10.1. The second-order valence-corrected chi connectivity index (χ2v) is 6.28. The van der Waals surface area contributed by atoms with Gasteiger partial charge in [0.1, 0.15) is 11.8 Å². The third-order valence-corrected chi connectivity index (χ3v) is 4.38. The largest absolute Gasteiger partial charge is 0.391 e. The molecule has 6 nitrogen and oxygen atoms in total. The summed E-state index contributed by atoms with van der Waals surface area (Å²) < 4.78 is 0. The number of aromatic nitrogens is 3. The van der Waals surface area contributed by atoms with Crippen LogP contribution in [-0.4, -0.2) is 49.4 Å². The molecule has 2 aromatic heterocycles. The van der Waals surface area contributed by atoms with Gasteiger partial charge in [-0.25, -0.2) is 9.97 Å². The summed E-state index contributed by atoms with van der Waals surface area (Å²) in [4.78, 5) is 13.6. The lowest BCUT2D eigenvalue weighted by Gasteiger charge is -2.17. The molecule has 0 aromatic carbocycles. The number of likely N-dealkylation sites (tertiary alicyclic amines) is 1. The highest BCUT2D eigenvalue weighted by Gasteiger charge is 2.33. The first kappa shape index (κ1) is 13.7. The number of anilines is 1. The van der Waals surface area contributed by atoms with Crippen molar-refractivity contribution in [2.45, 2.75) is 24.8 Å². The number of β-amino-alcohol motifs (C(OH)–C–C–N with tert-alkyl or cyclic N) is 1. The molecule has 0 saturated carbocycles. The van der Waals surface area contributed by atoms with Gasteiger partial charge in [0, 0.05) is 42.6 Å². The lowest BCUT2D eigenvalue weighted by atomic mass is 10.0. The number of H-pyrrole nitrogens is 1. The summed E-state index contributed by atoms with van der Waals surface area (Å²) in [6.45, 7) is 4.28. The molecule has 1 aliphatic heterocycles. The van der Waals surface area contributed by atoms with Crippen molar-refractivity contribution in [1.82, 2.24) is 19.9 Å². The Bertz CT molecular complexity index is 614. The van der Waals surface area contributed by atoms with Crippen molar-refractivity contribution in [2.24, 2.45) is 5.92 Å². The number of nitrogens with two attached hydrogens (primary N) is 1. The Hall–Kier alpha value is -1.31. The lowest BCUT2D eigenvalue weighted by Crippen LogP contribution is -2.24. The van der Waals surface area contributed by atoms with Crippen molar-refractivity contribution in [2.75, 3.05) is 18.8 Å². The quantitative estimate of drug-likeness (QED) is 0.624. The summed E-state index contributed by atoms with van der Waals surface area (Å²) in [5, 5.41) is 10.3. The van der Waals surface area contributed by atoms with Gasteiger partial charge in [-0.3, -0.25) is 4.90 Å². The Morgan fingerprint density at radius 1 is 1.55 bits per heavy atom. The SMILES string of the molecule is CC(S)[C@H]1CN(Cc2c[nH]c3c(N)ncnc23)C[C@@H]1O. The number of hydrogen-bond acceptors (Lipinski definition) is 6. The lowest BCUT2D eigenvalue weighted by molar-refractivity contribution is 0.142. The van der Waals surface area contributed by atoms with Gasteiger partial charge in [-0.2, -0.15) is 12.6 Å². The Kier molecular flexibility index (Phi) is 3.57. The van der Waals surface area contributed by atoms with Gasteiger partial charge in [0.2, 0.25) is 0 Å². The highest BCUT2D eigenvalue weighted by atomic mass is 32.1. The van der Waals surface area contributed by atoms with Gasteiger partial charge in [-0.05, 0) is 0 Å². The number of fused-ring (bicyclic) bond motifs is 1. The monoisotopic (exact) mass is 293 g/mol. The van der Waals surface area contributed by atoms with E-state index in [4.69, 9.17) is 5.73 Å². The third kappa shape index (κ3) is 2.36. The Labute approximate surface area is 122 Å². The average molecular weight is 293 g/mol. The molecule has 3 heterocycles. The number of thiol groups is 1. The minimum Gasteiger partial charge on any atom is -0.391 e. The van der Waals surface area contributed by atoms with Crippen LogP contribution >= 0.6 is 12.6 Å². The Morgan fingerprint density at radius 2 is 2.35 bits per heavy atom. The molecule has 1 saturated heterocycles. The molecule has 0 amide bonds. The van der Waals surface area contributed by atoms with Gasteiger partial charge in [0.15, 0.2) is 5.82 Å². The standard InChI is InChI=1S/C13H19N5OS/c1-7(20)9-4-18(5-10(9)19)3-8-2-15-12-11(8)16-6-17-13(12)14/h2,6-7,9-10,15,19-20H,3-5H2,1H3,(H2,14,16,17)/t7?,9-,10+/m1/s1. The van der Waals surface area contributed by atoms with Crippen LogP contribution in [0.25, 0.3) is 11.0 Å². The average Bonchev–Trinajstić information content (AvgIpc) is 2.95. The Morgan fingerprint density at radius 3 is 3.05 bits per heavy atom. The number of nitrogens with one attached hydrogen (secondary N) is 1. The van der Waals surface area contributed by atoms with E-state index in [2.05, 4.69) is 32.5 Å². The molecular formula is C13H19N5OS. The van der Waals surface area contributed by atoms with E-state index in [0.717, 1.165) is 29.7 Å². The number of rotatable bonds is 3. The molecular weight excluding hydrogens is 274 g/mol. The molecule has 4 N–H and O–H groups in total. The highest BCUT2D eigenvalue weighted by Crippen LogP contribution is 2.27. The fourth-order valence-corrected chi connectivity index (χ4v) is 3.16. The van der Waals surface area contributed by atoms with Crippen molar-refractivity contribution in [1.29, 1.82) is 0 Å². The highest BCUT2D eigenvalue weighted by molar-refractivity contribution is 7.80. The van der Waals surface area contributed by atoms with Crippen LogP contribution in [0.4, 0.5) is 5.82 Å². The molecule has 1 aliphatic rings. The van der Waals surface area contributed by atoms with Crippen LogP contribution in [0.2, 0.25) is 0 Å². The van der Waals surface area contributed by atoms with E-state index in [-0.39, 0.29) is 17.3 Å². The predicted octanol–water partition coefficient (Wildman–Crippen LogP) is 0.651. The smallest absolute Gasteiger partial charge is 0.151 e. The van der Waals surface area contributed by atoms with Crippen molar-refractivity contribution in [3.05, 3.63) is 18.1 Å². The van der Waals surface area contributed by atoms with E-state index in [1.54, 1.807) is 0 Å². The molecule has 2 aromatic rings. The molecule has 108 valence electrons. The molecule has 1 unspecified atom stereocenters. The van der Waals surface area contributed by atoms with Crippen LogP contribution in [0.5, 0.6) is 0 Å². The van der Waals surface area contributed by atoms with Crippen LogP contribution in [0.1, 0.15) is 12.5 Å². The fourth-order valence-electron chi connectivity index (χ4n) is 2.87. The number of aliphatic hydroxyl groups is 1. The van der Waals surface area contributed by atoms with E-state index in [1.807, 2.05) is 13.1 Å². The number of aliphatic hydroxyl groups excluding tert-OH is 1. The van der Waals surface area contributed by atoms with E-state index in [0.29, 0.717) is 12.4 Å². The summed E-state index contributed by atoms with van der Waals surface area (Å²) in [6, 6.07) is 0. The first-order chi connectivity index (χ1) is 9.56. The van der Waals surface area contributed by atoms with E-state index >= 15 is 0 Å². The molecule has 20 heavy (non-hydrogen) atoms. The summed E-state index contributed by atoms with van der Waals surface area (Å²) in [5.41, 5.74) is 8.53. The zero-order valence-corrected chi connectivity index (χ0v) is 12.2. The molecule has 0 aliphatic carbocycles. The number of hydrogen-bond donors (Lipinski definition) is 4. The maximum Gasteiger partial charge on any atom is 0.151 e. The van der Waals surface area contributed by atoms with Crippen molar-refractivity contribution < 1.29 is 5.11 Å². The molecule has 0 spiro atoms. The van der Waals surface area contributed by atoms with Gasteiger partial charge in [-0.1, -0.05) is 6.92 Å². The first-order valence-corrected chi connectivity index (χ1v) is 7.23. The fraction of sp³-hybridized carbons (Fsp3) is 0.538. The zero-order valence-electron chi connectivity index (χ0n) is 11.3. The number of aromatic amines is 1. The van der Waals surface area contributed by atoms with Gasteiger partial charge < -0.3 is 15.8 Å². The minimum atomic E-state index is -0.313. The summed E-state index contributed by atoms with van der Waals surface area (Å²) in [6.07, 6.45) is 3.08. The molecule has 7 heteroatoms. The van der Waals surface area contributed by atoms with Crippen LogP contribution in [0.3, 0.4) is 0 Å². The molecule has 1 fully saturated rings. The first-order valence-electron chi connectivity index (χ1n) is 6.71. The predicted molar refractivity (Wildman–Crippen MR) is 81.5 cm³/mol. The third-order valence-electron chi connectivity index (χ3n) is 3.99. The summed E-state index contributed by atoms with van der Waals surface area (Å²) in [5.74, 6) is 0.674. The number of nitrogen functional groups attached to an aromatic ring is 1. The molecule has 3 rings (SSSR count). The van der Waals surface area contributed by atoms with Gasteiger partial charge in [0.05, 0.1) is 11.6 Å². The van der Waals surface area contributed by atoms with Gasteiger partial charge in [0.25, 0.3) is 0 Å². The second-order valence-electron chi connectivity index (χ2n) is 5.46. The molecule has 0 bridgehead atoms. The van der Waals surface area contributed by atoms with E-state index < -0.39 is 0 Å². The van der Waals surface area contributed by atoms with Crippen LogP contribution in [0.15, 0.2) is 12.5 Å². The van der Waals surface area contributed by atoms with Crippen LogP contribution in [-0.2, 0) is 6.54 Å². The Balaban J connectivity index is 1.79. The van der Waals surface area contributed by atoms with Crippen LogP contribution in [0, 0.1) is 5.92 Å². The minimum absolute atomic E-state index is 0.191.